The molecule has 0 radical (unpaired) electrons. The number of hydrogen-bond acceptors (Lipinski definition) is 7. The van der Waals surface area contributed by atoms with Crippen LogP contribution in [0.2, 0.25) is 0 Å². The van der Waals surface area contributed by atoms with Crippen LogP contribution in [0.25, 0.3) is 23.0 Å². The highest BCUT2D eigenvalue weighted by Crippen LogP contribution is 2.26. The van der Waals surface area contributed by atoms with Crippen LogP contribution in [-0.4, -0.2) is 20.0 Å². The van der Waals surface area contributed by atoms with Gasteiger partial charge in [0.15, 0.2) is 5.76 Å². The number of nitrogens with zero attached hydrogens (tertiary/aromatic N) is 4. The zero-order valence-corrected chi connectivity index (χ0v) is 9.39. The highest BCUT2D eigenvalue weighted by Gasteiger charge is 2.18. The fourth-order valence-corrected chi connectivity index (χ4v) is 1.48. The van der Waals surface area contributed by atoms with E-state index in [9.17, 15) is 10.1 Å². The number of hydrogen-bond donors (Lipinski definition) is 0. The summed E-state index contributed by atoms with van der Waals surface area (Å²) in [5, 5.41) is 14.3. The molecule has 0 spiro atoms. The second kappa shape index (κ2) is 4.33. The summed E-state index contributed by atoms with van der Waals surface area (Å²) < 4.78 is 9.96. The number of furan rings is 1. The van der Waals surface area contributed by atoms with Crippen molar-refractivity contribution in [2.45, 2.75) is 0 Å². The second-order valence-electron chi connectivity index (χ2n) is 3.56. The summed E-state index contributed by atoms with van der Waals surface area (Å²) in [6, 6.07) is 6.14. The lowest BCUT2D eigenvalue weighted by molar-refractivity contribution is -0.401. The Hall–Kier alpha value is -3.03. The molecule has 0 N–H and O–H groups in total. The first-order valence-electron chi connectivity index (χ1n) is 5.23. The predicted octanol–water partition coefficient (Wildman–Crippen LogP) is 2.30. The van der Waals surface area contributed by atoms with Crippen LogP contribution < -0.4 is 0 Å². The first-order chi connectivity index (χ1) is 9.24. The fourth-order valence-electron chi connectivity index (χ4n) is 1.48. The molecule has 0 aliphatic carbocycles. The summed E-state index contributed by atoms with van der Waals surface area (Å²) >= 11 is 0. The van der Waals surface area contributed by atoms with Crippen molar-refractivity contribution >= 4 is 5.88 Å². The van der Waals surface area contributed by atoms with Crippen LogP contribution in [0.4, 0.5) is 5.88 Å². The van der Waals surface area contributed by atoms with Crippen molar-refractivity contribution in [3.63, 3.8) is 0 Å². The molecule has 0 unspecified atom stereocenters. The molecule has 0 aromatic carbocycles. The number of aromatic nitrogens is 3. The van der Waals surface area contributed by atoms with Crippen LogP contribution in [-0.2, 0) is 0 Å². The van der Waals surface area contributed by atoms with Gasteiger partial charge in [-0.25, -0.2) is 0 Å². The van der Waals surface area contributed by atoms with E-state index in [0.717, 1.165) is 0 Å². The monoisotopic (exact) mass is 258 g/mol. The molecule has 0 aliphatic heterocycles. The van der Waals surface area contributed by atoms with Gasteiger partial charge in [-0.1, -0.05) is 5.16 Å². The van der Waals surface area contributed by atoms with Gasteiger partial charge >= 0.3 is 5.88 Å². The van der Waals surface area contributed by atoms with Crippen LogP contribution >= 0.6 is 0 Å². The Balaban J connectivity index is 1.94. The van der Waals surface area contributed by atoms with Crippen LogP contribution in [0.15, 0.2) is 45.6 Å². The maximum Gasteiger partial charge on any atom is 0.433 e. The first-order valence-corrected chi connectivity index (χ1v) is 5.23. The van der Waals surface area contributed by atoms with Gasteiger partial charge < -0.3 is 8.94 Å². The van der Waals surface area contributed by atoms with Crippen molar-refractivity contribution in [2.75, 3.05) is 0 Å². The van der Waals surface area contributed by atoms with Crippen LogP contribution in [0.3, 0.4) is 0 Å². The van der Waals surface area contributed by atoms with Gasteiger partial charge in [0, 0.05) is 18.0 Å². The third-order valence-corrected chi connectivity index (χ3v) is 2.33. The molecule has 0 saturated carbocycles. The third-order valence-electron chi connectivity index (χ3n) is 2.33. The maximum atomic E-state index is 10.5. The molecule has 0 atom stereocenters. The molecule has 0 fully saturated rings. The summed E-state index contributed by atoms with van der Waals surface area (Å²) in [6.07, 6.45) is 3.21. The van der Waals surface area contributed by atoms with Gasteiger partial charge in [0.25, 0.3) is 5.89 Å². The Bertz CT molecular complexity index is 719. The topological polar surface area (TPSA) is 108 Å². The van der Waals surface area contributed by atoms with Gasteiger partial charge in [0.05, 0.1) is 6.07 Å². The SMILES string of the molecule is O=[N+]([O-])c1ccc(-c2nc(-c3cccnc3)no2)o1. The van der Waals surface area contributed by atoms with E-state index in [0.29, 0.717) is 11.4 Å². The molecule has 8 nitrogen and oxygen atoms in total. The molecule has 3 aromatic rings. The van der Waals surface area contributed by atoms with Gasteiger partial charge in [-0.3, -0.25) is 15.1 Å². The van der Waals surface area contributed by atoms with Gasteiger partial charge in [-0.05, 0) is 18.2 Å². The van der Waals surface area contributed by atoms with Gasteiger partial charge in [0.2, 0.25) is 5.82 Å². The Kier molecular flexibility index (Phi) is 2.53. The van der Waals surface area contributed by atoms with Crippen LogP contribution in [0.1, 0.15) is 0 Å². The van der Waals surface area contributed by atoms with E-state index in [2.05, 4.69) is 15.1 Å². The molecule has 19 heavy (non-hydrogen) atoms. The Morgan fingerprint density at radius 3 is 2.84 bits per heavy atom. The lowest BCUT2D eigenvalue weighted by Crippen LogP contribution is -1.83. The van der Waals surface area contributed by atoms with Crippen molar-refractivity contribution in [3.05, 3.63) is 46.8 Å². The average Bonchev–Trinajstić information content (AvgIpc) is 3.09. The van der Waals surface area contributed by atoms with Crippen LogP contribution in [0, 0.1) is 10.1 Å². The Morgan fingerprint density at radius 1 is 1.26 bits per heavy atom. The van der Waals surface area contributed by atoms with E-state index in [4.69, 9.17) is 8.94 Å². The normalized spacial score (nSPS) is 10.5. The minimum atomic E-state index is -0.637. The van der Waals surface area contributed by atoms with Crippen molar-refractivity contribution < 1.29 is 13.9 Å². The average molecular weight is 258 g/mol. The summed E-state index contributed by atoms with van der Waals surface area (Å²) in [6.45, 7) is 0. The van der Waals surface area contributed by atoms with Crippen molar-refractivity contribution in [3.8, 4) is 23.0 Å². The van der Waals surface area contributed by atoms with Crippen molar-refractivity contribution in [2.24, 2.45) is 0 Å². The van der Waals surface area contributed by atoms with Gasteiger partial charge in [-0.15, -0.1) is 0 Å². The number of nitro groups is 1. The Labute approximate surface area is 105 Å². The molecule has 0 aliphatic rings. The molecule has 8 heteroatoms. The highest BCUT2D eigenvalue weighted by molar-refractivity contribution is 5.56. The molecule has 0 amide bonds. The number of pyridine rings is 1. The molecule has 0 saturated heterocycles. The molecular formula is C11H6N4O4. The van der Waals surface area contributed by atoms with Gasteiger partial charge in [0.1, 0.15) is 4.92 Å². The van der Waals surface area contributed by atoms with E-state index in [1.807, 2.05) is 0 Å². The molecular weight excluding hydrogens is 252 g/mol. The zero-order chi connectivity index (χ0) is 13.2. The van der Waals surface area contributed by atoms with Crippen molar-refractivity contribution in [1.29, 1.82) is 0 Å². The largest absolute Gasteiger partial charge is 0.433 e. The molecule has 0 bridgehead atoms. The summed E-state index contributed by atoms with van der Waals surface area (Å²) in [5.74, 6) is 0.180. The quantitative estimate of drug-likeness (QED) is 0.523. The maximum absolute atomic E-state index is 10.5. The first kappa shape index (κ1) is 11.1. The smallest absolute Gasteiger partial charge is 0.395 e. The van der Waals surface area contributed by atoms with E-state index >= 15 is 0 Å². The van der Waals surface area contributed by atoms with E-state index in [-0.39, 0.29) is 17.5 Å². The lowest BCUT2D eigenvalue weighted by Gasteiger charge is -1.89. The Morgan fingerprint density at radius 2 is 2.16 bits per heavy atom. The van der Waals surface area contributed by atoms with Gasteiger partial charge in [-0.2, -0.15) is 4.98 Å². The second-order valence-corrected chi connectivity index (χ2v) is 3.56. The van der Waals surface area contributed by atoms with Crippen molar-refractivity contribution in [1.82, 2.24) is 15.1 Å². The minimum Gasteiger partial charge on any atom is -0.395 e. The lowest BCUT2D eigenvalue weighted by atomic mass is 10.3. The zero-order valence-electron chi connectivity index (χ0n) is 9.39. The summed E-state index contributed by atoms with van der Waals surface area (Å²) in [4.78, 5) is 17.9. The standard InChI is InChI=1S/C11H6N4O4/c16-15(17)9-4-3-8(18-9)11-13-10(14-19-11)7-2-1-5-12-6-7/h1-6H. The highest BCUT2D eigenvalue weighted by atomic mass is 16.6. The molecule has 3 heterocycles. The number of rotatable bonds is 3. The predicted molar refractivity (Wildman–Crippen MR) is 61.9 cm³/mol. The van der Waals surface area contributed by atoms with E-state index in [1.54, 1.807) is 24.5 Å². The summed E-state index contributed by atoms with van der Waals surface area (Å²) in [7, 11) is 0. The molecule has 3 rings (SSSR count). The van der Waals surface area contributed by atoms with E-state index in [1.165, 1.54) is 12.1 Å². The molecule has 94 valence electrons. The van der Waals surface area contributed by atoms with Crippen LogP contribution in [0.5, 0.6) is 0 Å². The van der Waals surface area contributed by atoms with E-state index < -0.39 is 4.92 Å². The summed E-state index contributed by atoms with van der Waals surface area (Å²) in [5.41, 5.74) is 0.679. The molecule has 3 aromatic heterocycles. The third kappa shape index (κ3) is 2.06. The minimum absolute atomic E-state index is 0.0759. The fraction of sp³-hybridized carbons (Fsp3) is 0.